The van der Waals surface area contributed by atoms with Gasteiger partial charge in [0, 0.05) is 13.1 Å². The summed E-state index contributed by atoms with van der Waals surface area (Å²) in [6, 6.07) is 14.2. The van der Waals surface area contributed by atoms with Crippen LogP contribution in [0.2, 0.25) is 0 Å². The normalized spacial score (nSPS) is 16.7. The topological polar surface area (TPSA) is 44.7 Å². The summed E-state index contributed by atoms with van der Waals surface area (Å²) in [5.74, 6) is 1.25. The van der Waals surface area contributed by atoms with Crippen molar-refractivity contribution in [2.45, 2.75) is 26.3 Å². The smallest absolute Gasteiger partial charge is 0.119 e. The summed E-state index contributed by atoms with van der Waals surface area (Å²) >= 11 is 0. The third-order valence-corrected chi connectivity index (χ3v) is 4.94. The summed E-state index contributed by atoms with van der Waals surface area (Å²) in [6.07, 6.45) is 0.945. The summed E-state index contributed by atoms with van der Waals surface area (Å²) in [5, 5.41) is 13.3. The average molecular weight is 340 g/mol. The van der Waals surface area contributed by atoms with Crippen molar-refractivity contribution >= 4 is 0 Å². The molecule has 2 N–H and O–H groups in total. The predicted molar refractivity (Wildman–Crippen MR) is 101 cm³/mol. The Bertz CT molecular complexity index is 698. The molecule has 25 heavy (non-hydrogen) atoms. The Morgan fingerprint density at radius 1 is 1.16 bits per heavy atom. The second-order valence-electron chi connectivity index (χ2n) is 6.47. The molecular formula is C21H28N2O2. The van der Waals surface area contributed by atoms with E-state index in [4.69, 9.17) is 4.74 Å². The van der Waals surface area contributed by atoms with E-state index in [9.17, 15) is 5.11 Å². The molecule has 1 unspecified atom stereocenters. The van der Waals surface area contributed by atoms with Crippen LogP contribution in [0.4, 0.5) is 0 Å². The first-order valence-corrected chi connectivity index (χ1v) is 9.21. The molecule has 134 valence electrons. The molecule has 2 aromatic rings. The Kier molecular flexibility index (Phi) is 5.95. The molecule has 0 amide bonds. The van der Waals surface area contributed by atoms with Gasteiger partial charge in [0.2, 0.25) is 0 Å². The van der Waals surface area contributed by atoms with Crippen LogP contribution >= 0.6 is 0 Å². The van der Waals surface area contributed by atoms with Crippen LogP contribution in [0.15, 0.2) is 42.5 Å². The maximum Gasteiger partial charge on any atom is 0.119 e. The van der Waals surface area contributed by atoms with Gasteiger partial charge in [-0.3, -0.25) is 0 Å². The number of aromatic hydroxyl groups is 1. The standard InChI is InChI=1S/C21H28N2O2/c1-3-23(4-2)12-13-25-19-7-5-6-17(15-19)21-20-9-8-18(24)14-16(20)10-11-22-21/h5-9,14-15,21-22,24H,3-4,10-13H2,1-2H3. The number of fused-ring (bicyclic) bond motifs is 1. The highest BCUT2D eigenvalue weighted by Gasteiger charge is 2.21. The number of nitrogens with zero attached hydrogens (tertiary/aromatic N) is 1. The number of phenolic OH excluding ortho intramolecular Hbond substituents is 1. The first kappa shape index (κ1) is 17.8. The number of likely N-dealkylation sites (N-methyl/N-ethyl adjacent to an activating group) is 1. The molecule has 1 atom stereocenters. The first-order valence-electron chi connectivity index (χ1n) is 9.21. The number of nitrogens with one attached hydrogen (secondary N) is 1. The second kappa shape index (κ2) is 8.37. The molecule has 4 heteroatoms. The van der Waals surface area contributed by atoms with Gasteiger partial charge in [0.15, 0.2) is 0 Å². The van der Waals surface area contributed by atoms with Crippen molar-refractivity contribution in [3.05, 3.63) is 59.2 Å². The zero-order valence-corrected chi connectivity index (χ0v) is 15.2. The summed E-state index contributed by atoms with van der Waals surface area (Å²) in [4.78, 5) is 2.36. The molecule has 1 aliphatic heterocycles. The van der Waals surface area contributed by atoms with E-state index in [1.54, 1.807) is 6.07 Å². The van der Waals surface area contributed by atoms with Gasteiger partial charge < -0.3 is 20.1 Å². The van der Waals surface area contributed by atoms with Gasteiger partial charge in [-0.1, -0.05) is 32.0 Å². The highest BCUT2D eigenvalue weighted by Crippen LogP contribution is 2.32. The highest BCUT2D eigenvalue weighted by molar-refractivity contribution is 5.44. The van der Waals surface area contributed by atoms with Gasteiger partial charge in [-0.05, 0) is 60.5 Å². The van der Waals surface area contributed by atoms with Crippen LogP contribution in [0.5, 0.6) is 11.5 Å². The molecule has 3 rings (SSSR count). The first-order chi connectivity index (χ1) is 12.2. The van der Waals surface area contributed by atoms with Crippen molar-refractivity contribution in [3.8, 4) is 11.5 Å². The molecule has 0 bridgehead atoms. The van der Waals surface area contributed by atoms with Crippen LogP contribution in [0.1, 0.15) is 36.6 Å². The third kappa shape index (κ3) is 4.33. The monoisotopic (exact) mass is 340 g/mol. The largest absolute Gasteiger partial charge is 0.508 e. The average Bonchev–Trinajstić information content (AvgIpc) is 2.65. The van der Waals surface area contributed by atoms with E-state index in [0.29, 0.717) is 12.4 Å². The van der Waals surface area contributed by atoms with Gasteiger partial charge in [0.25, 0.3) is 0 Å². The minimum atomic E-state index is 0.149. The van der Waals surface area contributed by atoms with Gasteiger partial charge in [0.1, 0.15) is 18.1 Å². The molecule has 2 aromatic carbocycles. The van der Waals surface area contributed by atoms with E-state index in [0.717, 1.165) is 38.3 Å². The lowest BCUT2D eigenvalue weighted by atomic mass is 9.89. The van der Waals surface area contributed by atoms with Crippen LogP contribution in [0.3, 0.4) is 0 Å². The van der Waals surface area contributed by atoms with Crippen LogP contribution in [-0.4, -0.2) is 42.8 Å². The van der Waals surface area contributed by atoms with Gasteiger partial charge in [-0.15, -0.1) is 0 Å². The van der Waals surface area contributed by atoms with Crippen molar-refractivity contribution in [1.82, 2.24) is 10.2 Å². The molecule has 0 spiro atoms. The highest BCUT2D eigenvalue weighted by atomic mass is 16.5. The quantitative estimate of drug-likeness (QED) is 0.811. The van der Waals surface area contributed by atoms with Crippen LogP contribution in [0, 0.1) is 0 Å². The number of rotatable bonds is 7. The fourth-order valence-electron chi connectivity index (χ4n) is 3.47. The Balaban J connectivity index is 1.72. The lowest BCUT2D eigenvalue weighted by Crippen LogP contribution is -2.30. The number of ether oxygens (including phenoxy) is 1. The lowest BCUT2D eigenvalue weighted by molar-refractivity contribution is 0.222. The fraction of sp³-hybridized carbons (Fsp3) is 0.429. The molecule has 0 aromatic heterocycles. The van der Waals surface area contributed by atoms with Crippen LogP contribution < -0.4 is 10.1 Å². The summed E-state index contributed by atoms with van der Waals surface area (Å²) in [6.45, 7) is 9.01. The minimum absolute atomic E-state index is 0.149. The molecule has 4 nitrogen and oxygen atoms in total. The molecule has 0 aliphatic carbocycles. The van der Waals surface area contributed by atoms with Gasteiger partial charge in [-0.2, -0.15) is 0 Å². The molecule has 0 saturated heterocycles. The maximum atomic E-state index is 9.73. The van der Waals surface area contributed by atoms with E-state index < -0.39 is 0 Å². The minimum Gasteiger partial charge on any atom is -0.508 e. The van der Waals surface area contributed by atoms with E-state index in [2.05, 4.69) is 42.3 Å². The Morgan fingerprint density at radius 2 is 2.00 bits per heavy atom. The van der Waals surface area contributed by atoms with Gasteiger partial charge >= 0.3 is 0 Å². The Morgan fingerprint density at radius 3 is 2.80 bits per heavy atom. The van der Waals surface area contributed by atoms with Crippen molar-refractivity contribution in [2.24, 2.45) is 0 Å². The van der Waals surface area contributed by atoms with E-state index in [-0.39, 0.29) is 6.04 Å². The number of phenols is 1. The summed E-state index contributed by atoms with van der Waals surface area (Å²) in [5.41, 5.74) is 3.66. The lowest BCUT2D eigenvalue weighted by Gasteiger charge is -2.28. The predicted octanol–water partition coefficient (Wildman–Crippen LogP) is 3.35. The zero-order valence-electron chi connectivity index (χ0n) is 15.2. The SMILES string of the molecule is CCN(CC)CCOc1cccc(C2NCCc3cc(O)ccc32)c1. The number of hydrogen-bond donors (Lipinski definition) is 2. The number of hydrogen-bond acceptors (Lipinski definition) is 4. The zero-order chi connectivity index (χ0) is 17.6. The van der Waals surface area contributed by atoms with Gasteiger partial charge in [-0.25, -0.2) is 0 Å². The Hall–Kier alpha value is -2.04. The van der Waals surface area contributed by atoms with Crippen molar-refractivity contribution in [1.29, 1.82) is 0 Å². The molecule has 0 radical (unpaired) electrons. The number of benzene rings is 2. The summed E-state index contributed by atoms with van der Waals surface area (Å²) < 4.78 is 5.97. The summed E-state index contributed by atoms with van der Waals surface area (Å²) in [7, 11) is 0. The Labute approximate surface area is 150 Å². The van der Waals surface area contributed by atoms with E-state index in [1.807, 2.05) is 18.2 Å². The van der Waals surface area contributed by atoms with Crippen LogP contribution in [-0.2, 0) is 6.42 Å². The maximum absolute atomic E-state index is 9.73. The molecule has 0 saturated carbocycles. The van der Waals surface area contributed by atoms with E-state index >= 15 is 0 Å². The van der Waals surface area contributed by atoms with Crippen molar-refractivity contribution in [3.63, 3.8) is 0 Å². The molecule has 1 heterocycles. The van der Waals surface area contributed by atoms with Crippen molar-refractivity contribution in [2.75, 3.05) is 32.8 Å². The van der Waals surface area contributed by atoms with Crippen molar-refractivity contribution < 1.29 is 9.84 Å². The molecule has 1 aliphatic rings. The fourth-order valence-corrected chi connectivity index (χ4v) is 3.47. The second-order valence-corrected chi connectivity index (χ2v) is 6.47. The molecule has 0 fully saturated rings. The van der Waals surface area contributed by atoms with E-state index in [1.165, 1.54) is 16.7 Å². The van der Waals surface area contributed by atoms with Gasteiger partial charge in [0.05, 0.1) is 6.04 Å². The van der Waals surface area contributed by atoms with Crippen LogP contribution in [0.25, 0.3) is 0 Å². The third-order valence-electron chi connectivity index (χ3n) is 4.94. The molecular weight excluding hydrogens is 312 g/mol.